The summed E-state index contributed by atoms with van der Waals surface area (Å²) in [6.07, 6.45) is -6.36. The van der Waals surface area contributed by atoms with E-state index in [1.54, 1.807) is 20.8 Å². The second kappa shape index (κ2) is 7.00. The number of carbonyl (C=O) groups excluding carboxylic acids is 2. The molecular weight excluding hydrogens is 291 g/mol. The van der Waals surface area contributed by atoms with Crippen LogP contribution in [0.2, 0.25) is 0 Å². The topological polar surface area (TPSA) is 64.6 Å². The fraction of sp³-hybridized carbons (Fsp3) is 0.846. The van der Waals surface area contributed by atoms with Crippen molar-refractivity contribution in [3.05, 3.63) is 0 Å². The van der Waals surface area contributed by atoms with Gasteiger partial charge in [-0.25, -0.2) is 9.59 Å². The van der Waals surface area contributed by atoms with E-state index in [-0.39, 0.29) is 0 Å². The van der Waals surface area contributed by atoms with E-state index < -0.39 is 41.9 Å². The minimum atomic E-state index is -4.66. The predicted molar refractivity (Wildman–Crippen MR) is 69.6 cm³/mol. The molecule has 2 unspecified atom stereocenters. The van der Waals surface area contributed by atoms with Crippen LogP contribution in [0.4, 0.5) is 18.0 Å². The Labute approximate surface area is 122 Å². The summed E-state index contributed by atoms with van der Waals surface area (Å²) in [5.74, 6) is -3.25. The number of alkyl halides is 3. The average molecular weight is 313 g/mol. The van der Waals surface area contributed by atoms with Gasteiger partial charge in [0.2, 0.25) is 0 Å². The molecule has 0 rings (SSSR count). The van der Waals surface area contributed by atoms with E-state index in [9.17, 15) is 22.8 Å². The van der Waals surface area contributed by atoms with Crippen LogP contribution in [-0.4, -0.2) is 36.0 Å². The van der Waals surface area contributed by atoms with Gasteiger partial charge in [0.25, 0.3) is 0 Å². The molecule has 21 heavy (non-hydrogen) atoms. The lowest BCUT2D eigenvalue weighted by Crippen LogP contribution is -2.51. The minimum Gasteiger partial charge on any atom is -0.461 e. The van der Waals surface area contributed by atoms with Crippen molar-refractivity contribution in [2.75, 3.05) is 0 Å². The Morgan fingerprint density at radius 2 is 1.52 bits per heavy atom. The van der Waals surface area contributed by atoms with E-state index in [0.29, 0.717) is 0 Å². The predicted octanol–water partition coefficient (Wildman–Crippen LogP) is 3.03. The molecule has 0 saturated heterocycles. The van der Waals surface area contributed by atoms with Gasteiger partial charge >= 0.3 is 18.2 Å². The molecule has 1 amide bonds. The van der Waals surface area contributed by atoms with E-state index >= 15 is 0 Å². The molecule has 0 spiro atoms. The van der Waals surface area contributed by atoms with Crippen LogP contribution in [0.15, 0.2) is 0 Å². The van der Waals surface area contributed by atoms with Crippen LogP contribution in [0.25, 0.3) is 0 Å². The third-order valence-corrected chi connectivity index (χ3v) is 2.29. The molecule has 2 atom stereocenters. The van der Waals surface area contributed by atoms with Crippen molar-refractivity contribution >= 4 is 12.1 Å². The van der Waals surface area contributed by atoms with Gasteiger partial charge < -0.3 is 14.8 Å². The highest BCUT2D eigenvalue weighted by Gasteiger charge is 2.46. The number of alkyl carbamates (subject to hydrolysis) is 1. The molecule has 0 aliphatic carbocycles. The molecule has 0 saturated carbocycles. The molecule has 0 radical (unpaired) electrons. The fourth-order valence-corrected chi connectivity index (χ4v) is 1.32. The Morgan fingerprint density at radius 3 is 1.86 bits per heavy atom. The summed E-state index contributed by atoms with van der Waals surface area (Å²) in [6.45, 7) is 8.47. The first-order valence-corrected chi connectivity index (χ1v) is 6.50. The van der Waals surface area contributed by atoms with Gasteiger partial charge in [0.15, 0.2) is 0 Å². The Bertz CT molecular complexity index is 375. The number of halogens is 3. The highest BCUT2D eigenvalue weighted by molar-refractivity contribution is 5.82. The number of nitrogens with one attached hydrogen (secondary N) is 1. The van der Waals surface area contributed by atoms with Crippen molar-refractivity contribution < 1.29 is 32.2 Å². The van der Waals surface area contributed by atoms with Gasteiger partial charge in [-0.05, 0) is 34.6 Å². The molecule has 0 heterocycles. The summed E-state index contributed by atoms with van der Waals surface area (Å²) < 4.78 is 48.0. The molecule has 8 heteroatoms. The molecule has 1 N–H and O–H groups in total. The van der Waals surface area contributed by atoms with Crippen LogP contribution in [0, 0.1) is 5.92 Å². The van der Waals surface area contributed by atoms with Crippen LogP contribution >= 0.6 is 0 Å². The largest absolute Gasteiger partial charge is 0.461 e. The van der Waals surface area contributed by atoms with Crippen LogP contribution in [0.5, 0.6) is 0 Å². The zero-order valence-corrected chi connectivity index (χ0v) is 13.0. The van der Waals surface area contributed by atoms with Crippen LogP contribution < -0.4 is 5.32 Å². The second-order valence-electron chi connectivity index (χ2n) is 5.94. The van der Waals surface area contributed by atoms with Crippen LogP contribution in [0.1, 0.15) is 41.5 Å². The van der Waals surface area contributed by atoms with E-state index in [4.69, 9.17) is 9.47 Å². The third-order valence-electron chi connectivity index (χ3n) is 2.29. The number of carbonyl (C=O) groups is 2. The minimum absolute atomic E-state index is 0.596. The van der Waals surface area contributed by atoms with Gasteiger partial charge in [0.05, 0.1) is 12.0 Å². The molecule has 124 valence electrons. The van der Waals surface area contributed by atoms with E-state index in [1.807, 2.05) is 5.32 Å². The summed E-state index contributed by atoms with van der Waals surface area (Å²) in [5, 5.41) is 1.93. The lowest BCUT2D eigenvalue weighted by atomic mass is 10.0. The van der Waals surface area contributed by atoms with Crippen molar-refractivity contribution in [3.63, 3.8) is 0 Å². The highest BCUT2D eigenvalue weighted by Crippen LogP contribution is 2.29. The Hall–Kier alpha value is -1.47. The number of hydrogen-bond donors (Lipinski definition) is 1. The monoisotopic (exact) mass is 313 g/mol. The fourth-order valence-electron chi connectivity index (χ4n) is 1.32. The Morgan fingerprint density at radius 1 is 1.05 bits per heavy atom. The first kappa shape index (κ1) is 19.5. The maximum atomic E-state index is 12.8. The first-order valence-electron chi connectivity index (χ1n) is 6.50. The first-order chi connectivity index (χ1) is 9.24. The molecule has 0 aliphatic rings. The summed E-state index contributed by atoms with van der Waals surface area (Å²) >= 11 is 0. The van der Waals surface area contributed by atoms with Gasteiger partial charge in [-0.2, -0.15) is 13.2 Å². The summed E-state index contributed by atoms with van der Waals surface area (Å²) in [7, 11) is 0. The molecule has 5 nitrogen and oxygen atoms in total. The van der Waals surface area contributed by atoms with Crippen molar-refractivity contribution in [3.8, 4) is 0 Å². The van der Waals surface area contributed by atoms with Crippen molar-refractivity contribution in [1.29, 1.82) is 0 Å². The number of ether oxygens (including phenoxy) is 2. The second-order valence-corrected chi connectivity index (χ2v) is 5.94. The number of esters is 1. The van der Waals surface area contributed by atoms with E-state index in [2.05, 4.69) is 0 Å². The van der Waals surface area contributed by atoms with Crippen molar-refractivity contribution in [2.24, 2.45) is 5.92 Å². The summed E-state index contributed by atoms with van der Waals surface area (Å²) in [5.41, 5.74) is -0.891. The van der Waals surface area contributed by atoms with Crippen molar-refractivity contribution in [2.45, 2.75) is 65.5 Å². The number of amides is 1. The molecule has 0 aromatic heterocycles. The van der Waals surface area contributed by atoms with Gasteiger partial charge in [0, 0.05) is 0 Å². The third kappa shape index (κ3) is 7.77. The van der Waals surface area contributed by atoms with Gasteiger partial charge in [-0.15, -0.1) is 0 Å². The lowest BCUT2D eigenvalue weighted by molar-refractivity contribution is -0.188. The Balaban J connectivity index is 5.06. The molecular formula is C13H22F3NO4. The van der Waals surface area contributed by atoms with Gasteiger partial charge in [-0.3, -0.25) is 0 Å². The van der Waals surface area contributed by atoms with Gasteiger partial charge in [0.1, 0.15) is 11.6 Å². The zero-order valence-electron chi connectivity index (χ0n) is 13.0. The maximum Gasteiger partial charge on any atom is 0.408 e. The maximum absolute atomic E-state index is 12.8. The molecule has 0 aromatic carbocycles. The highest BCUT2D eigenvalue weighted by atomic mass is 19.4. The molecule has 0 bridgehead atoms. The molecule has 0 aliphatic heterocycles. The Kier molecular flexibility index (Phi) is 6.51. The standard InChI is InChI=1S/C13H22F3NO4/c1-7(2)20-10(18)9(8(3)13(14,15)16)17-11(19)21-12(4,5)6/h7-9H,1-6H3,(H,17,19). The van der Waals surface area contributed by atoms with Crippen molar-refractivity contribution in [1.82, 2.24) is 5.32 Å². The zero-order chi connectivity index (χ0) is 17.0. The summed E-state index contributed by atoms with van der Waals surface area (Å²) in [4.78, 5) is 23.3. The van der Waals surface area contributed by atoms with Crippen LogP contribution in [-0.2, 0) is 14.3 Å². The van der Waals surface area contributed by atoms with Gasteiger partial charge in [-0.1, -0.05) is 6.92 Å². The summed E-state index contributed by atoms with van der Waals surface area (Å²) in [6, 6.07) is -1.86. The SMILES string of the molecule is CC(C)OC(=O)C(NC(=O)OC(C)(C)C)C(C)C(F)(F)F. The van der Waals surface area contributed by atoms with E-state index in [1.165, 1.54) is 13.8 Å². The number of rotatable bonds is 4. The van der Waals surface area contributed by atoms with Crippen LogP contribution in [0.3, 0.4) is 0 Å². The molecule has 0 fully saturated rings. The number of hydrogen-bond acceptors (Lipinski definition) is 4. The quantitative estimate of drug-likeness (QED) is 0.810. The average Bonchev–Trinajstić information content (AvgIpc) is 2.19. The van der Waals surface area contributed by atoms with E-state index in [0.717, 1.165) is 6.92 Å². The normalized spacial score (nSPS) is 15.3. The lowest BCUT2D eigenvalue weighted by Gasteiger charge is -2.27. The smallest absolute Gasteiger partial charge is 0.408 e. The molecule has 0 aromatic rings.